The number of aromatic nitrogens is 2. The SMILES string of the molecule is CCOP(=O)(Cc1ccc(Nc2ncc3scc(-c4ccccc4OC)c3n2)cc1)OCC. The molecule has 0 aliphatic carbocycles. The quantitative estimate of drug-likeness (QED) is 0.246. The molecule has 7 nitrogen and oxygen atoms in total. The smallest absolute Gasteiger partial charge is 0.335 e. The van der Waals surface area contributed by atoms with Gasteiger partial charge in [-0.05, 0) is 37.6 Å². The third kappa shape index (κ3) is 5.42. The van der Waals surface area contributed by atoms with Gasteiger partial charge in [0.15, 0.2) is 0 Å². The maximum Gasteiger partial charge on any atom is 0.335 e. The summed E-state index contributed by atoms with van der Waals surface area (Å²) in [6.07, 6.45) is 2.05. The number of anilines is 2. The van der Waals surface area contributed by atoms with Crippen LogP contribution in [-0.4, -0.2) is 30.3 Å². The highest BCUT2D eigenvalue weighted by Gasteiger charge is 2.24. The molecule has 0 saturated carbocycles. The Balaban J connectivity index is 1.55. The average molecular weight is 484 g/mol. The summed E-state index contributed by atoms with van der Waals surface area (Å²) in [7, 11) is -1.47. The van der Waals surface area contributed by atoms with E-state index in [0.29, 0.717) is 19.2 Å². The maximum absolute atomic E-state index is 12.8. The predicted octanol–water partition coefficient (Wildman–Crippen LogP) is 6.88. The average Bonchev–Trinajstić information content (AvgIpc) is 3.23. The summed E-state index contributed by atoms with van der Waals surface area (Å²) in [6, 6.07) is 15.5. The van der Waals surface area contributed by atoms with E-state index >= 15 is 0 Å². The summed E-state index contributed by atoms with van der Waals surface area (Å²) in [5.74, 6) is 1.30. The molecule has 4 aromatic rings. The lowest BCUT2D eigenvalue weighted by atomic mass is 10.1. The molecule has 0 fully saturated rings. The van der Waals surface area contributed by atoms with Crippen LogP contribution in [-0.2, 0) is 19.8 Å². The fraction of sp³-hybridized carbons (Fsp3) is 0.250. The number of benzene rings is 2. The molecule has 0 bridgehead atoms. The van der Waals surface area contributed by atoms with Crippen LogP contribution < -0.4 is 10.1 Å². The van der Waals surface area contributed by atoms with E-state index in [4.69, 9.17) is 18.8 Å². The van der Waals surface area contributed by atoms with E-state index in [1.165, 1.54) is 0 Å². The molecule has 0 unspecified atom stereocenters. The number of fused-ring (bicyclic) bond motifs is 1. The molecule has 2 aromatic carbocycles. The van der Waals surface area contributed by atoms with Crippen LogP contribution in [0.4, 0.5) is 11.6 Å². The molecule has 33 heavy (non-hydrogen) atoms. The topological polar surface area (TPSA) is 82.6 Å². The number of hydrogen-bond acceptors (Lipinski definition) is 8. The van der Waals surface area contributed by atoms with Gasteiger partial charge in [-0.25, -0.2) is 9.97 Å². The Bertz CT molecular complexity index is 1270. The summed E-state index contributed by atoms with van der Waals surface area (Å²) in [4.78, 5) is 9.22. The molecular weight excluding hydrogens is 457 g/mol. The van der Waals surface area contributed by atoms with Crippen LogP contribution >= 0.6 is 18.9 Å². The predicted molar refractivity (Wildman–Crippen MR) is 134 cm³/mol. The van der Waals surface area contributed by atoms with Crippen molar-refractivity contribution in [2.24, 2.45) is 0 Å². The number of hydrogen-bond donors (Lipinski definition) is 1. The normalized spacial score (nSPS) is 11.6. The van der Waals surface area contributed by atoms with E-state index in [1.54, 1.807) is 18.4 Å². The van der Waals surface area contributed by atoms with Crippen LogP contribution in [0.15, 0.2) is 60.1 Å². The number of rotatable bonds is 10. The molecule has 0 atom stereocenters. The van der Waals surface area contributed by atoms with Gasteiger partial charge in [0.05, 0.1) is 42.9 Å². The minimum absolute atomic E-state index is 0.231. The Hall–Kier alpha value is -2.77. The van der Waals surface area contributed by atoms with Gasteiger partial charge in [-0.3, -0.25) is 4.57 Å². The molecule has 2 heterocycles. The molecule has 4 rings (SSSR count). The van der Waals surface area contributed by atoms with Gasteiger partial charge in [-0.1, -0.05) is 30.3 Å². The summed E-state index contributed by atoms with van der Waals surface area (Å²) >= 11 is 1.60. The van der Waals surface area contributed by atoms with Gasteiger partial charge in [0.2, 0.25) is 5.95 Å². The van der Waals surface area contributed by atoms with Crippen LogP contribution in [0.3, 0.4) is 0 Å². The van der Waals surface area contributed by atoms with Crippen LogP contribution in [0, 0.1) is 0 Å². The molecular formula is C24H26N3O4PS. The van der Waals surface area contributed by atoms with Gasteiger partial charge in [0.25, 0.3) is 0 Å². The maximum atomic E-state index is 12.8. The van der Waals surface area contributed by atoms with E-state index in [2.05, 4.69) is 15.7 Å². The van der Waals surface area contributed by atoms with Gasteiger partial charge in [-0.2, -0.15) is 0 Å². The zero-order valence-corrected chi connectivity index (χ0v) is 20.5. The molecule has 0 aliphatic heterocycles. The number of ether oxygens (including phenoxy) is 1. The molecule has 2 aromatic heterocycles. The highest BCUT2D eigenvalue weighted by molar-refractivity contribution is 7.53. The second-order valence-corrected chi connectivity index (χ2v) is 10.1. The minimum atomic E-state index is -3.14. The van der Waals surface area contributed by atoms with Crippen molar-refractivity contribution < 1.29 is 18.3 Å². The Labute approximate surface area is 197 Å². The zero-order valence-electron chi connectivity index (χ0n) is 18.8. The number of methoxy groups -OCH3 is 1. The van der Waals surface area contributed by atoms with E-state index in [9.17, 15) is 4.57 Å². The molecule has 0 saturated heterocycles. The first-order chi connectivity index (χ1) is 16.0. The second-order valence-electron chi connectivity index (χ2n) is 7.18. The van der Waals surface area contributed by atoms with Crippen LogP contribution in [0.1, 0.15) is 19.4 Å². The van der Waals surface area contributed by atoms with Crippen molar-refractivity contribution in [2.45, 2.75) is 20.0 Å². The van der Waals surface area contributed by atoms with Crippen LogP contribution in [0.5, 0.6) is 5.75 Å². The van der Waals surface area contributed by atoms with E-state index in [1.807, 2.05) is 68.6 Å². The lowest BCUT2D eigenvalue weighted by Gasteiger charge is -2.17. The van der Waals surface area contributed by atoms with Gasteiger partial charge in [-0.15, -0.1) is 11.3 Å². The summed E-state index contributed by atoms with van der Waals surface area (Å²) in [6.45, 7) is 4.30. The monoisotopic (exact) mass is 483 g/mol. The zero-order chi connectivity index (χ0) is 23.3. The summed E-state index contributed by atoms with van der Waals surface area (Å²) < 4.78 is 30.1. The van der Waals surface area contributed by atoms with Crippen molar-refractivity contribution in [3.63, 3.8) is 0 Å². The number of nitrogens with one attached hydrogen (secondary N) is 1. The van der Waals surface area contributed by atoms with Crippen molar-refractivity contribution >= 4 is 40.8 Å². The van der Waals surface area contributed by atoms with Crippen molar-refractivity contribution in [1.29, 1.82) is 0 Å². The molecule has 0 amide bonds. The summed E-state index contributed by atoms with van der Waals surface area (Å²) in [5, 5.41) is 5.33. The first kappa shape index (κ1) is 23.4. The number of para-hydroxylation sites is 1. The van der Waals surface area contributed by atoms with Gasteiger partial charge in [0.1, 0.15) is 5.75 Å². The molecule has 0 radical (unpaired) electrons. The van der Waals surface area contributed by atoms with Crippen LogP contribution in [0.2, 0.25) is 0 Å². The van der Waals surface area contributed by atoms with Crippen molar-refractivity contribution in [3.05, 3.63) is 65.7 Å². The third-order valence-corrected chi connectivity index (χ3v) is 7.91. The van der Waals surface area contributed by atoms with Crippen LogP contribution in [0.25, 0.3) is 21.3 Å². The number of thiophene rings is 1. The second kappa shape index (κ2) is 10.4. The highest BCUT2D eigenvalue weighted by atomic mass is 32.1. The van der Waals surface area contributed by atoms with E-state index < -0.39 is 7.60 Å². The standard InChI is InChI=1S/C24H26N3O4PS/c1-4-30-32(28,31-5-2)15-17-10-12-18(13-11-17)26-24-25-14-22-23(27-24)20(16-33-22)19-8-6-7-9-21(19)29-3/h6-14,16H,4-5,15H2,1-3H3,(H,25,26,27). The Morgan fingerprint density at radius 3 is 2.42 bits per heavy atom. The molecule has 1 N–H and O–H groups in total. The molecule has 9 heteroatoms. The highest BCUT2D eigenvalue weighted by Crippen LogP contribution is 2.51. The first-order valence-electron chi connectivity index (χ1n) is 10.7. The fourth-order valence-electron chi connectivity index (χ4n) is 3.51. The fourth-order valence-corrected chi connectivity index (χ4v) is 6.08. The lowest BCUT2D eigenvalue weighted by Crippen LogP contribution is -2.00. The van der Waals surface area contributed by atoms with Gasteiger partial charge >= 0.3 is 7.60 Å². The Morgan fingerprint density at radius 1 is 1.00 bits per heavy atom. The first-order valence-corrected chi connectivity index (χ1v) is 13.3. The van der Waals surface area contributed by atoms with Crippen molar-refractivity contribution in [3.8, 4) is 16.9 Å². The van der Waals surface area contributed by atoms with Gasteiger partial charge in [0, 0.05) is 22.2 Å². The number of nitrogens with zero attached hydrogens (tertiary/aromatic N) is 2. The third-order valence-electron chi connectivity index (χ3n) is 4.95. The Morgan fingerprint density at radius 2 is 1.73 bits per heavy atom. The molecule has 0 spiro atoms. The Kier molecular flexibility index (Phi) is 7.40. The molecule has 0 aliphatic rings. The van der Waals surface area contributed by atoms with Crippen molar-refractivity contribution in [2.75, 3.05) is 25.6 Å². The van der Waals surface area contributed by atoms with Gasteiger partial charge < -0.3 is 19.1 Å². The largest absolute Gasteiger partial charge is 0.496 e. The molecule has 172 valence electrons. The van der Waals surface area contributed by atoms with E-state index in [0.717, 1.165) is 38.3 Å². The van der Waals surface area contributed by atoms with Crippen molar-refractivity contribution in [1.82, 2.24) is 9.97 Å². The van der Waals surface area contributed by atoms with E-state index in [-0.39, 0.29) is 6.16 Å². The minimum Gasteiger partial charge on any atom is -0.496 e. The summed E-state index contributed by atoms with van der Waals surface area (Å²) in [5.41, 5.74) is 4.57. The lowest BCUT2D eigenvalue weighted by molar-refractivity contribution is 0.219.